The summed E-state index contributed by atoms with van der Waals surface area (Å²) in [6, 6.07) is 7.01. The summed E-state index contributed by atoms with van der Waals surface area (Å²) in [4.78, 5) is 1.36. The molecule has 0 unspecified atom stereocenters. The molecule has 0 aliphatic rings. The molecule has 0 radical (unpaired) electrons. The maximum Gasteiger partial charge on any atom is 0.0470 e. The Kier molecular flexibility index (Phi) is 7.98. The third-order valence-corrected chi connectivity index (χ3v) is 4.17. The summed E-state index contributed by atoms with van der Waals surface area (Å²) < 4.78 is 6.22. The summed E-state index contributed by atoms with van der Waals surface area (Å²) in [6.45, 7) is 6.10. The Morgan fingerprint density at radius 3 is 2.83 bits per heavy atom. The van der Waals surface area contributed by atoms with Crippen LogP contribution in [0.15, 0.2) is 27.6 Å². The minimum absolute atomic E-state index is 0.510. The zero-order valence-corrected chi connectivity index (χ0v) is 13.7. The second-order valence-corrected chi connectivity index (χ2v) is 6.53. The Morgan fingerprint density at radius 1 is 1.39 bits per heavy atom. The highest BCUT2D eigenvalue weighted by atomic mass is 79.9. The molecule has 0 atom stereocenters. The molecular weight excluding hydrogens is 310 g/mol. The van der Waals surface area contributed by atoms with Gasteiger partial charge in [-0.15, -0.1) is 11.8 Å². The SMILES string of the molecule is COCCCSc1ccc(Br)cc1CNC(C)C. The van der Waals surface area contributed by atoms with E-state index in [4.69, 9.17) is 4.74 Å². The molecule has 0 aromatic heterocycles. The van der Waals surface area contributed by atoms with Gasteiger partial charge in [0.2, 0.25) is 0 Å². The fourth-order valence-corrected chi connectivity index (χ4v) is 2.90. The molecule has 102 valence electrons. The van der Waals surface area contributed by atoms with E-state index in [1.807, 2.05) is 11.8 Å². The molecule has 0 saturated carbocycles. The highest BCUT2D eigenvalue weighted by Gasteiger charge is 2.05. The zero-order chi connectivity index (χ0) is 13.4. The summed E-state index contributed by atoms with van der Waals surface area (Å²) in [6.07, 6.45) is 1.09. The van der Waals surface area contributed by atoms with Crippen LogP contribution in [0, 0.1) is 0 Å². The van der Waals surface area contributed by atoms with Crippen molar-refractivity contribution in [3.8, 4) is 0 Å². The monoisotopic (exact) mass is 331 g/mol. The topological polar surface area (TPSA) is 21.3 Å². The molecule has 0 bridgehead atoms. The van der Waals surface area contributed by atoms with Crippen molar-refractivity contribution in [2.75, 3.05) is 19.5 Å². The van der Waals surface area contributed by atoms with Crippen LogP contribution < -0.4 is 5.32 Å². The molecule has 1 rings (SSSR count). The van der Waals surface area contributed by atoms with Crippen LogP contribution in [0.2, 0.25) is 0 Å². The zero-order valence-electron chi connectivity index (χ0n) is 11.3. The lowest BCUT2D eigenvalue weighted by molar-refractivity contribution is 0.200. The molecule has 0 heterocycles. The molecule has 0 fully saturated rings. The summed E-state index contributed by atoms with van der Waals surface area (Å²) >= 11 is 5.45. The van der Waals surface area contributed by atoms with E-state index in [1.54, 1.807) is 7.11 Å². The fourth-order valence-electron chi connectivity index (χ4n) is 1.53. The molecule has 1 N–H and O–H groups in total. The number of nitrogens with one attached hydrogen (secondary N) is 1. The Labute approximate surface area is 123 Å². The van der Waals surface area contributed by atoms with Crippen LogP contribution in [0.3, 0.4) is 0 Å². The van der Waals surface area contributed by atoms with Crippen molar-refractivity contribution < 1.29 is 4.74 Å². The van der Waals surface area contributed by atoms with Gasteiger partial charge in [-0.25, -0.2) is 0 Å². The highest BCUT2D eigenvalue weighted by Crippen LogP contribution is 2.26. The van der Waals surface area contributed by atoms with Crippen LogP contribution in [0.1, 0.15) is 25.8 Å². The van der Waals surface area contributed by atoms with Crippen molar-refractivity contribution in [1.29, 1.82) is 0 Å². The van der Waals surface area contributed by atoms with Gasteiger partial charge < -0.3 is 10.1 Å². The largest absolute Gasteiger partial charge is 0.385 e. The predicted molar refractivity (Wildman–Crippen MR) is 83.3 cm³/mol. The minimum atomic E-state index is 0.510. The molecule has 0 aliphatic heterocycles. The number of ether oxygens (including phenoxy) is 1. The molecule has 0 saturated heterocycles. The maximum absolute atomic E-state index is 5.07. The van der Waals surface area contributed by atoms with Gasteiger partial charge in [0, 0.05) is 41.4 Å². The van der Waals surface area contributed by atoms with Crippen molar-refractivity contribution in [2.45, 2.75) is 37.8 Å². The van der Waals surface area contributed by atoms with Crippen LogP contribution >= 0.6 is 27.7 Å². The minimum Gasteiger partial charge on any atom is -0.385 e. The van der Waals surface area contributed by atoms with Crippen molar-refractivity contribution in [3.05, 3.63) is 28.2 Å². The second-order valence-electron chi connectivity index (χ2n) is 4.48. The first-order valence-corrected chi connectivity index (χ1v) is 8.05. The number of methoxy groups -OCH3 is 1. The van der Waals surface area contributed by atoms with E-state index in [1.165, 1.54) is 10.5 Å². The number of rotatable bonds is 8. The van der Waals surface area contributed by atoms with Crippen LogP contribution in [0.25, 0.3) is 0 Å². The van der Waals surface area contributed by atoms with E-state index in [0.29, 0.717) is 6.04 Å². The first-order valence-electron chi connectivity index (χ1n) is 6.27. The van der Waals surface area contributed by atoms with E-state index in [-0.39, 0.29) is 0 Å². The number of thioether (sulfide) groups is 1. The molecule has 0 amide bonds. The van der Waals surface area contributed by atoms with Crippen LogP contribution in [-0.2, 0) is 11.3 Å². The van der Waals surface area contributed by atoms with Crippen LogP contribution in [0.5, 0.6) is 0 Å². The summed E-state index contributed by atoms with van der Waals surface area (Å²) in [7, 11) is 1.75. The molecule has 0 spiro atoms. The van der Waals surface area contributed by atoms with Crippen molar-refractivity contribution in [3.63, 3.8) is 0 Å². The molecule has 2 nitrogen and oxygen atoms in total. The highest BCUT2D eigenvalue weighted by molar-refractivity contribution is 9.10. The third kappa shape index (κ3) is 6.23. The summed E-state index contributed by atoms with van der Waals surface area (Å²) in [5.74, 6) is 1.10. The molecule has 1 aromatic rings. The summed E-state index contributed by atoms with van der Waals surface area (Å²) in [5, 5.41) is 3.47. The number of benzene rings is 1. The Morgan fingerprint density at radius 2 is 2.17 bits per heavy atom. The summed E-state index contributed by atoms with van der Waals surface area (Å²) in [5.41, 5.74) is 1.36. The van der Waals surface area contributed by atoms with Gasteiger partial charge in [0.1, 0.15) is 0 Å². The van der Waals surface area contributed by atoms with Crippen molar-refractivity contribution in [1.82, 2.24) is 5.32 Å². The fraction of sp³-hybridized carbons (Fsp3) is 0.571. The lowest BCUT2D eigenvalue weighted by Crippen LogP contribution is -2.22. The molecule has 0 aliphatic carbocycles. The average Bonchev–Trinajstić information content (AvgIpc) is 2.34. The number of hydrogen-bond acceptors (Lipinski definition) is 3. The van der Waals surface area contributed by atoms with Gasteiger partial charge in [-0.3, -0.25) is 0 Å². The van der Waals surface area contributed by atoms with E-state index in [2.05, 4.69) is 53.3 Å². The standard InChI is InChI=1S/C14H22BrNOS/c1-11(2)16-10-12-9-13(15)5-6-14(12)18-8-4-7-17-3/h5-6,9,11,16H,4,7-8,10H2,1-3H3. The van der Waals surface area contributed by atoms with Crippen molar-refractivity contribution >= 4 is 27.7 Å². The smallest absolute Gasteiger partial charge is 0.0470 e. The Bertz CT molecular complexity index is 358. The molecular formula is C14H22BrNOS. The lowest BCUT2D eigenvalue weighted by Gasteiger charge is -2.13. The second kappa shape index (κ2) is 8.97. The van der Waals surface area contributed by atoms with Crippen molar-refractivity contribution in [2.24, 2.45) is 0 Å². The first kappa shape index (κ1) is 16.0. The molecule has 1 aromatic carbocycles. The van der Waals surface area contributed by atoms with Gasteiger partial charge in [0.15, 0.2) is 0 Å². The predicted octanol–water partition coefficient (Wildman–Crippen LogP) is 4.08. The van der Waals surface area contributed by atoms with E-state index >= 15 is 0 Å². The number of hydrogen-bond donors (Lipinski definition) is 1. The van der Waals surface area contributed by atoms with Crippen LogP contribution in [-0.4, -0.2) is 25.5 Å². The van der Waals surface area contributed by atoms with E-state index in [9.17, 15) is 0 Å². The lowest BCUT2D eigenvalue weighted by atomic mass is 10.2. The normalized spacial score (nSPS) is 11.2. The van der Waals surface area contributed by atoms with Gasteiger partial charge in [-0.05, 0) is 30.2 Å². The third-order valence-electron chi connectivity index (χ3n) is 2.47. The quantitative estimate of drug-likeness (QED) is 0.573. The Balaban J connectivity index is 2.58. The van der Waals surface area contributed by atoms with Gasteiger partial charge in [0.05, 0.1) is 0 Å². The van der Waals surface area contributed by atoms with Gasteiger partial charge in [-0.2, -0.15) is 0 Å². The van der Waals surface area contributed by atoms with Gasteiger partial charge in [-0.1, -0.05) is 29.8 Å². The maximum atomic E-state index is 5.07. The van der Waals surface area contributed by atoms with E-state index in [0.717, 1.165) is 29.8 Å². The van der Waals surface area contributed by atoms with Gasteiger partial charge in [0.25, 0.3) is 0 Å². The van der Waals surface area contributed by atoms with Crippen LogP contribution in [0.4, 0.5) is 0 Å². The van der Waals surface area contributed by atoms with Gasteiger partial charge >= 0.3 is 0 Å². The molecule has 4 heteroatoms. The number of halogens is 1. The molecule has 18 heavy (non-hydrogen) atoms. The average molecular weight is 332 g/mol. The Hall–Kier alpha value is -0.0300. The first-order chi connectivity index (χ1) is 8.63. The van der Waals surface area contributed by atoms with E-state index < -0.39 is 0 Å².